The highest BCUT2D eigenvalue weighted by Gasteiger charge is 2.18. The molecule has 196 valence electrons. The van der Waals surface area contributed by atoms with Crippen LogP contribution in [0, 0.1) is 0 Å². The summed E-state index contributed by atoms with van der Waals surface area (Å²) in [5.41, 5.74) is 1.41. The standard InChI is InChI=1S/C32H39NO4/c1-2-3-4-5-6-7-8-9-10-17-24-36-28-22-23-30(37-32(35)33-27-20-15-12-16-21-27)29(25-28)31(34)26-18-13-11-14-19-26/h11-16,18-23,25H,2-10,17,24H2,1H3,(H,33,35). The second-order valence-electron chi connectivity index (χ2n) is 9.26. The van der Waals surface area contributed by atoms with Crippen LogP contribution in [0.2, 0.25) is 0 Å². The number of ketones is 1. The maximum atomic E-state index is 13.3. The summed E-state index contributed by atoms with van der Waals surface area (Å²) < 4.78 is 11.5. The van der Waals surface area contributed by atoms with Gasteiger partial charge < -0.3 is 9.47 Å². The third kappa shape index (κ3) is 10.1. The van der Waals surface area contributed by atoms with Crippen LogP contribution in [0.5, 0.6) is 11.5 Å². The van der Waals surface area contributed by atoms with Crippen molar-refractivity contribution in [1.29, 1.82) is 0 Å². The number of carbonyl (C=O) groups is 2. The molecule has 0 radical (unpaired) electrons. The molecule has 0 aliphatic carbocycles. The first kappa shape index (κ1) is 28.0. The Morgan fingerprint density at radius 3 is 1.95 bits per heavy atom. The molecule has 1 amide bonds. The highest BCUT2D eigenvalue weighted by Crippen LogP contribution is 2.28. The number of nitrogens with one attached hydrogen (secondary N) is 1. The van der Waals surface area contributed by atoms with Crippen LogP contribution in [0.4, 0.5) is 10.5 Å². The Balaban J connectivity index is 1.54. The predicted octanol–water partition coefficient (Wildman–Crippen LogP) is 8.83. The molecule has 0 spiro atoms. The van der Waals surface area contributed by atoms with Crippen molar-refractivity contribution in [2.24, 2.45) is 0 Å². The van der Waals surface area contributed by atoms with Gasteiger partial charge in [-0.25, -0.2) is 4.79 Å². The van der Waals surface area contributed by atoms with E-state index in [0.29, 0.717) is 23.6 Å². The minimum atomic E-state index is -0.660. The Labute approximate surface area is 221 Å². The van der Waals surface area contributed by atoms with E-state index in [4.69, 9.17) is 9.47 Å². The Morgan fingerprint density at radius 2 is 1.30 bits per heavy atom. The molecule has 0 bridgehead atoms. The first-order valence-electron chi connectivity index (χ1n) is 13.6. The second-order valence-corrected chi connectivity index (χ2v) is 9.26. The van der Waals surface area contributed by atoms with Crippen molar-refractivity contribution < 1.29 is 19.1 Å². The van der Waals surface area contributed by atoms with E-state index in [9.17, 15) is 9.59 Å². The van der Waals surface area contributed by atoms with Crippen molar-refractivity contribution >= 4 is 17.6 Å². The van der Waals surface area contributed by atoms with Crippen molar-refractivity contribution in [3.05, 3.63) is 90.0 Å². The van der Waals surface area contributed by atoms with Crippen molar-refractivity contribution in [3.63, 3.8) is 0 Å². The Kier molecular flexibility index (Phi) is 12.3. The van der Waals surface area contributed by atoms with Crippen LogP contribution in [0.25, 0.3) is 0 Å². The van der Waals surface area contributed by atoms with Gasteiger partial charge in [0.1, 0.15) is 11.5 Å². The fraction of sp³-hybridized carbons (Fsp3) is 0.375. The average molecular weight is 502 g/mol. The van der Waals surface area contributed by atoms with Crippen LogP contribution in [0.1, 0.15) is 87.1 Å². The van der Waals surface area contributed by atoms with Gasteiger partial charge in [0.15, 0.2) is 5.78 Å². The minimum Gasteiger partial charge on any atom is -0.494 e. The summed E-state index contributed by atoms with van der Waals surface area (Å²) in [5.74, 6) is 0.548. The monoisotopic (exact) mass is 501 g/mol. The normalized spacial score (nSPS) is 10.6. The SMILES string of the molecule is CCCCCCCCCCCCOc1ccc(OC(=O)Nc2ccccc2)c(C(=O)c2ccccc2)c1. The van der Waals surface area contributed by atoms with Gasteiger partial charge in [-0.05, 0) is 36.8 Å². The molecule has 0 aliphatic heterocycles. The third-order valence-corrected chi connectivity index (χ3v) is 6.22. The highest BCUT2D eigenvalue weighted by molar-refractivity contribution is 6.11. The molecule has 5 nitrogen and oxygen atoms in total. The molecule has 5 heteroatoms. The zero-order chi connectivity index (χ0) is 26.1. The van der Waals surface area contributed by atoms with Gasteiger partial charge in [-0.3, -0.25) is 10.1 Å². The van der Waals surface area contributed by atoms with Crippen molar-refractivity contribution in [2.45, 2.75) is 71.1 Å². The van der Waals surface area contributed by atoms with Gasteiger partial charge in [0.25, 0.3) is 0 Å². The predicted molar refractivity (Wildman–Crippen MR) is 150 cm³/mol. The number of anilines is 1. The molecule has 0 fully saturated rings. The summed E-state index contributed by atoms with van der Waals surface area (Å²) in [6.07, 6.45) is 12.0. The number of hydrogen-bond acceptors (Lipinski definition) is 4. The van der Waals surface area contributed by atoms with Crippen LogP contribution >= 0.6 is 0 Å². The molecule has 3 aromatic rings. The van der Waals surface area contributed by atoms with Gasteiger partial charge in [-0.15, -0.1) is 0 Å². The lowest BCUT2D eigenvalue weighted by Gasteiger charge is -2.13. The van der Waals surface area contributed by atoms with Gasteiger partial charge in [-0.2, -0.15) is 0 Å². The molecule has 0 heterocycles. The molecule has 0 aromatic heterocycles. The Hall–Kier alpha value is -3.60. The van der Waals surface area contributed by atoms with Crippen LogP contribution in [-0.4, -0.2) is 18.5 Å². The van der Waals surface area contributed by atoms with Crippen LogP contribution in [-0.2, 0) is 0 Å². The first-order chi connectivity index (χ1) is 18.2. The Morgan fingerprint density at radius 1 is 0.703 bits per heavy atom. The zero-order valence-electron chi connectivity index (χ0n) is 21.9. The molecular weight excluding hydrogens is 462 g/mol. The fourth-order valence-electron chi connectivity index (χ4n) is 4.15. The number of rotatable bonds is 16. The average Bonchev–Trinajstić information content (AvgIpc) is 2.93. The Bertz CT molecular complexity index is 1080. The third-order valence-electron chi connectivity index (χ3n) is 6.22. The topological polar surface area (TPSA) is 64.6 Å². The molecule has 0 aliphatic rings. The van der Waals surface area contributed by atoms with Crippen LogP contribution in [0.3, 0.4) is 0 Å². The largest absolute Gasteiger partial charge is 0.494 e. The van der Waals surface area contributed by atoms with Gasteiger partial charge in [0.05, 0.1) is 12.2 Å². The van der Waals surface area contributed by atoms with Crippen LogP contribution in [0.15, 0.2) is 78.9 Å². The molecule has 37 heavy (non-hydrogen) atoms. The number of hydrogen-bond donors (Lipinski definition) is 1. The summed E-state index contributed by atoms with van der Waals surface area (Å²) in [7, 11) is 0. The number of para-hydroxylation sites is 1. The molecule has 0 atom stereocenters. The minimum absolute atomic E-state index is 0.188. The lowest BCUT2D eigenvalue weighted by atomic mass is 10.0. The lowest BCUT2D eigenvalue weighted by Crippen LogP contribution is -2.18. The van der Waals surface area contributed by atoms with E-state index in [-0.39, 0.29) is 17.1 Å². The number of ether oxygens (including phenoxy) is 2. The molecule has 0 saturated carbocycles. The maximum absolute atomic E-state index is 13.3. The summed E-state index contributed by atoms with van der Waals surface area (Å²) in [6.45, 7) is 2.84. The summed E-state index contributed by atoms with van der Waals surface area (Å²) in [4.78, 5) is 25.7. The molecule has 0 unspecified atom stereocenters. The van der Waals surface area contributed by atoms with E-state index in [1.54, 1.807) is 54.6 Å². The van der Waals surface area contributed by atoms with Crippen LogP contribution < -0.4 is 14.8 Å². The number of benzene rings is 3. The summed E-state index contributed by atoms with van der Waals surface area (Å²) >= 11 is 0. The smallest absolute Gasteiger partial charge is 0.417 e. The van der Waals surface area contributed by atoms with Crippen molar-refractivity contribution in [3.8, 4) is 11.5 Å². The second kappa shape index (κ2) is 16.2. The zero-order valence-corrected chi connectivity index (χ0v) is 21.9. The quantitative estimate of drug-likeness (QED) is 0.157. The van der Waals surface area contributed by atoms with Crippen molar-refractivity contribution in [1.82, 2.24) is 0 Å². The number of unbranched alkanes of at least 4 members (excludes halogenated alkanes) is 9. The number of amides is 1. The molecular formula is C32H39NO4. The van der Waals surface area contributed by atoms with Gasteiger partial charge in [0.2, 0.25) is 0 Å². The van der Waals surface area contributed by atoms with Crippen molar-refractivity contribution in [2.75, 3.05) is 11.9 Å². The van der Waals surface area contributed by atoms with E-state index in [0.717, 1.165) is 12.8 Å². The summed E-state index contributed by atoms with van der Waals surface area (Å²) in [6, 6.07) is 23.0. The van der Waals surface area contributed by atoms with E-state index in [1.807, 2.05) is 24.3 Å². The summed E-state index contributed by atoms with van der Waals surface area (Å²) in [5, 5.41) is 2.68. The molecule has 3 aromatic carbocycles. The van der Waals surface area contributed by atoms with Gasteiger partial charge in [-0.1, -0.05) is 113 Å². The van der Waals surface area contributed by atoms with E-state index >= 15 is 0 Å². The highest BCUT2D eigenvalue weighted by atomic mass is 16.6. The van der Waals surface area contributed by atoms with E-state index < -0.39 is 6.09 Å². The lowest BCUT2D eigenvalue weighted by molar-refractivity contribution is 0.103. The number of carbonyl (C=O) groups excluding carboxylic acids is 2. The van der Waals surface area contributed by atoms with E-state index in [2.05, 4.69) is 12.2 Å². The molecule has 0 saturated heterocycles. The van der Waals surface area contributed by atoms with E-state index in [1.165, 1.54) is 51.4 Å². The molecule has 3 rings (SSSR count). The maximum Gasteiger partial charge on any atom is 0.417 e. The van der Waals surface area contributed by atoms with Gasteiger partial charge in [0, 0.05) is 11.3 Å². The molecule has 1 N–H and O–H groups in total. The van der Waals surface area contributed by atoms with Gasteiger partial charge >= 0.3 is 6.09 Å². The fourth-order valence-corrected chi connectivity index (χ4v) is 4.15. The first-order valence-corrected chi connectivity index (χ1v) is 13.6.